The number of phenols is 1. The fraction of sp³-hybridized carbons (Fsp3) is 0.333. The molecular weight excluding hydrogens is 250 g/mol. The molecular formula is C12H15N3O2S. The van der Waals surface area contributed by atoms with Crippen LogP contribution in [-0.2, 0) is 0 Å². The van der Waals surface area contributed by atoms with Gasteiger partial charge in [0.15, 0.2) is 5.11 Å². The van der Waals surface area contributed by atoms with E-state index in [1.54, 1.807) is 18.2 Å². The third-order valence-corrected chi connectivity index (χ3v) is 2.83. The van der Waals surface area contributed by atoms with E-state index in [2.05, 4.69) is 22.7 Å². The quantitative estimate of drug-likeness (QED) is 0.436. The van der Waals surface area contributed by atoms with E-state index in [0.717, 1.165) is 12.8 Å². The lowest BCUT2D eigenvalue weighted by Gasteiger charge is -2.26. The minimum absolute atomic E-state index is 0.0793. The fourth-order valence-corrected chi connectivity index (χ4v) is 1.61. The van der Waals surface area contributed by atoms with Crippen molar-refractivity contribution in [1.82, 2.24) is 5.43 Å². The van der Waals surface area contributed by atoms with Gasteiger partial charge in [0.05, 0.1) is 12.3 Å². The van der Waals surface area contributed by atoms with E-state index in [9.17, 15) is 5.11 Å². The van der Waals surface area contributed by atoms with Crippen molar-refractivity contribution in [2.45, 2.75) is 25.4 Å². The number of benzene rings is 1. The van der Waals surface area contributed by atoms with Crippen LogP contribution in [0.3, 0.4) is 0 Å². The van der Waals surface area contributed by atoms with E-state index in [0.29, 0.717) is 17.4 Å². The summed E-state index contributed by atoms with van der Waals surface area (Å²) in [6.07, 6.45) is 5.12. The number of ether oxygens (including phenoxy) is 1. The van der Waals surface area contributed by atoms with Crippen LogP contribution in [0.4, 0.5) is 0 Å². The molecule has 0 heterocycles. The van der Waals surface area contributed by atoms with Gasteiger partial charge >= 0.3 is 0 Å². The van der Waals surface area contributed by atoms with E-state index in [4.69, 9.17) is 10.5 Å². The molecule has 0 amide bonds. The smallest absolute Gasteiger partial charge is 0.184 e. The molecule has 1 fully saturated rings. The third-order valence-electron chi connectivity index (χ3n) is 2.74. The van der Waals surface area contributed by atoms with Gasteiger partial charge in [0.25, 0.3) is 0 Å². The Labute approximate surface area is 111 Å². The Balaban J connectivity index is 1.99. The maximum Gasteiger partial charge on any atom is 0.184 e. The van der Waals surface area contributed by atoms with Crippen LogP contribution in [0.5, 0.6) is 11.5 Å². The Morgan fingerprint density at radius 2 is 2.33 bits per heavy atom. The first-order chi connectivity index (χ1) is 8.65. The molecule has 2 rings (SSSR count). The van der Waals surface area contributed by atoms with E-state index in [1.165, 1.54) is 12.6 Å². The van der Waals surface area contributed by atoms with Gasteiger partial charge in [-0.25, -0.2) is 0 Å². The second-order valence-corrected chi connectivity index (χ2v) is 4.57. The number of rotatable bonds is 4. The van der Waals surface area contributed by atoms with Gasteiger partial charge in [-0.1, -0.05) is 0 Å². The largest absolute Gasteiger partial charge is 0.507 e. The summed E-state index contributed by atoms with van der Waals surface area (Å²) in [5.74, 6) is 0.789. The lowest BCUT2D eigenvalue weighted by molar-refractivity contribution is 0.120. The maximum absolute atomic E-state index is 9.80. The molecule has 0 saturated heterocycles. The molecule has 4 N–H and O–H groups in total. The zero-order valence-electron chi connectivity index (χ0n) is 9.80. The highest BCUT2D eigenvalue weighted by molar-refractivity contribution is 7.80. The van der Waals surface area contributed by atoms with Crippen LogP contribution in [-0.4, -0.2) is 22.5 Å². The van der Waals surface area contributed by atoms with Gasteiger partial charge in [0.1, 0.15) is 11.5 Å². The third kappa shape index (κ3) is 3.33. The number of hydrogen-bond acceptors (Lipinski definition) is 4. The summed E-state index contributed by atoms with van der Waals surface area (Å²) in [6.45, 7) is 0. The predicted octanol–water partition coefficient (Wildman–Crippen LogP) is 1.49. The Morgan fingerprint density at radius 3 is 2.89 bits per heavy atom. The average molecular weight is 265 g/mol. The molecule has 0 aliphatic heterocycles. The van der Waals surface area contributed by atoms with Crippen molar-refractivity contribution in [1.29, 1.82) is 0 Å². The minimum Gasteiger partial charge on any atom is -0.507 e. The molecule has 5 nitrogen and oxygen atoms in total. The number of hydrazone groups is 1. The Morgan fingerprint density at radius 1 is 1.56 bits per heavy atom. The summed E-state index contributed by atoms with van der Waals surface area (Å²) in [5, 5.41) is 13.7. The van der Waals surface area contributed by atoms with Crippen molar-refractivity contribution < 1.29 is 9.84 Å². The Bertz CT molecular complexity index is 472. The van der Waals surface area contributed by atoms with Gasteiger partial charge in [-0.05, 0) is 43.6 Å². The molecule has 0 radical (unpaired) electrons. The molecule has 1 aromatic carbocycles. The monoisotopic (exact) mass is 265 g/mol. The van der Waals surface area contributed by atoms with Crippen molar-refractivity contribution in [3.8, 4) is 11.5 Å². The van der Waals surface area contributed by atoms with Crippen molar-refractivity contribution in [3.05, 3.63) is 23.8 Å². The van der Waals surface area contributed by atoms with Gasteiger partial charge in [-0.2, -0.15) is 5.10 Å². The molecule has 1 saturated carbocycles. The van der Waals surface area contributed by atoms with Crippen molar-refractivity contribution >= 4 is 23.5 Å². The molecule has 0 spiro atoms. The Kier molecular flexibility index (Phi) is 3.99. The molecule has 1 aromatic rings. The molecule has 1 aliphatic rings. The zero-order valence-corrected chi connectivity index (χ0v) is 10.6. The van der Waals surface area contributed by atoms with E-state index >= 15 is 0 Å². The average Bonchev–Trinajstić information content (AvgIpc) is 2.26. The first kappa shape index (κ1) is 12.6. The Hall–Kier alpha value is -1.82. The number of nitrogens with zero attached hydrogens (tertiary/aromatic N) is 1. The highest BCUT2D eigenvalue weighted by atomic mass is 32.1. The van der Waals surface area contributed by atoms with Crippen molar-refractivity contribution in [2.75, 3.05) is 0 Å². The van der Waals surface area contributed by atoms with Gasteiger partial charge in [-0.15, -0.1) is 0 Å². The van der Waals surface area contributed by atoms with Crippen LogP contribution in [0, 0.1) is 0 Å². The second-order valence-electron chi connectivity index (χ2n) is 4.13. The topological polar surface area (TPSA) is 79.9 Å². The molecule has 96 valence electrons. The van der Waals surface area contributed by atoms with Crippen LogP contribution >= 0.6 is 12.2 Å². The highest BCUT2D eigenvalue weighted by Gasteiger charge is 2.19. The summed E-state index contributed by atoms with van der Waals surface area (Å²) in [6, 6.07) is 5.12. The van der Waals surface area contributed by atoms with E-state index < -0.39 is 0 Å². The lowest BCUT2D eigenvalue weighted by Crippen LogP contribution is -2.24. The molecule has 0 atom stereocenters. The normalized spacial score (nSPS) is 15.3. The molecule has 18 heavy (non-hydrogen) atoms. The number of hydrogen-bond donors (Lipinski definition) is 3. The fourth-order valence-electron chi connectivity index (χ4n) is 1.55. The summed E-state index contributed by atoms with van der Waals surface area (Å²) in [5.41, 5.74) is 8.21. The summed E-state index contributed by atoms with van der Waals surface area (Å²) in [4.78, 5) is 0. The first-order valence-corrected chi connectivity index (χ1v) is 6.14. The predicted molar refractivity (Wildman–Crippen MR) is 73.9 cm³/mol. The molecule has 0 bridgehead atoms. The van der Waals surface area contributed by atoms with Gasteiger partial charge in [-0.3, -0.25) is 5.43 Å². The molecule has 6 heteroatoms. The zero-order chi connectivity index (χ0) is 13.0. The van der Waals surface area contributed by atoms with Gasteiger partial charge in [0, 0.05) is 11.6 Å². The number of nitrogens with two attached hydrogens (primary N) is 1. The lowest BCUT2D eigenvalue weighted by atomic mass is 9.96. The summed E-state index contributed by atoms with van der Waals surface area (Å²) < 4.78 is 5.67. The van der Waals surface area contributed by atoms with Crippen LogP contribution in [0.2, 0.25) is 0 Å². The van der Waals surface area contributed by atoms with Crippen molar-refractivity contribution in [3.63, 3.8) is 0 Å². The maximum atomic E-state index is 9.80. The minimum atomic E-state index is 0.0793. The number of thiocarbonyl (C=S) groups is 1. The van der Waals surface area contributed by atoms with Crippen molar-refractivity contribution in [2.24, 2.45) is 10.8 Å². The highest BCUT2D eigenvalue weighted by Crippen LogP contribution is 2.28. The second kappa shape index (κ2) is 5.68. The van der Waals surface area contributed by atoms with Crippen LogP contribution < -0.4 is 15.9 Å². The molecule has 1 aliphatic carbocycles. The van der Waals surface area contributed by atoms with E-state index in [-0.39, 0.29) is 10.9 Å². The van der Waals surface area contributed by atoms with Gasteiger partial charge < -0.3 is 15.6 Å². The molecule has 0 aromatic heterocycles. The number of phenolic OH excluding ortho intramolecular Hbond substituents is 1. The molecule has 0 unspecified atom stereocenters. The number of aromatic hydroxyl groups is 1. The van der Waals surface area contributed by atoms with E-state index in [1.807, 2.05) is 0 Å². The summed E-state index contributed by atoms with van der Waals surface area (Å²) >= 11 is 4.60. The van der Waals surface area contributed by atoms with Gasteiger partial charge in [0.2, 0.25) is 0 Å². The SMILES string of the molecule is NC(=S)NN=Cc1ccc(OC2CCC2)cc1O. The standard InChI is InChI=1S/C12H15N3O2S/c13-12(18)15-14-7-8-4-5-10(6-11(8)16)17-9-2-1-3-9/h4-7,9,16H,1-3H2,(H3,13,15,18). The van der Waals surface area contributed by atoms with Crippen LogP contribution in [0.15, 0.2) is 23.3 Å². The summed E-state index contributed by atoms with van der Waals surface area (Å²) in [7, 11) is 0. The first-order valence-electron chi connectivity index (χ1n) is 5.73. The van der Waals surface area contributed by atoms with Crippen LogP contribution in [0.25, 0.3) is 0 Å². The van der Waals surface area contributed by atoms with Crippen LogP contribution in [0.1, 0.15) is 24.8 Å². The number of nitrogens with one attached hydrogen (secondary N) is 1.